The Hall–Kier alpha value is -0.630. The molecule has 0 aromatic carbocycles. The maximum Gasteiger partial charge on any atom is 0.106 e. The van der Waals surface area contributed by atoms with Gasteiger partial charge in [0, 0.05) is 13.7 Å². The molecule has 4 heteroatoms. The van der Waals surface area contributed by atoms with Gasteiger partial charge in [-0.3, -0.25) is 5.32 Å². The van der Waals surface area contributed by atoms with E-state index >= 15 is 0 Å². The summed E-state index contributed by atoms with van der Waals surface area (Å²) in [6.45, 7) is 5.69. The van der Waals surface area contributed by atoms with E-state index in [9.17, 15) is 5.26 Å². The molecule has 0 aliphatic heterocycles. The Balaban J connectivity index is 2.25. The number of hydrogen-bond donors (Lipinski definition) is 1. The van der Waals surface area contributed by atoms with Gasteiger partial charge in [0.15, 0.2) is 0 Å². The molecular formula is C16H30N2O2. The van der Waals surface area contributed by atoms with Crippen LogP contribution >= 0.6 is 0 Å². The van der Waals surface area contributed by atoms with Crippen LogP contribution < -0.4 is 5.32 Å². The van der Waals surface area contributed by atoms with E-state index in [0.717, 1.165) is 51.7 Å². The van der Waals surface area contributed by atoms with Crippen molar-refractivity contribution in [1.29, 1.82) is 5.26 Å². The summed E-state index contributed by atoms with van der Waals surface area (Å²) in [6, 6.07) is 2.43. The zero-order valence-corrected chi connectivity index (χ0v) is 13.3. The number of nitriles is 1. The van der Waals surface area contributed by atoms with Gasteiger partial charge < -0.3 is 9.47 Å². The molecule has 1 fully saturated rings. The van der Waals surface area contributed by atoms with E-state index in [1.807, 2.05) is 6.92 Å². The summed E-state index contributed by atoms with van der Waals surface area (Å²) in [5.41, 5.74) is -0.375. The van der Waals surface area contributed by atoms with E-state index in [4.69, 9.17) is 9.47 Å². The summed E-state index contributed by atoms with van der Waals surface area (Å²) in [5, 5.41) is 12.7. The highest BCUT2D eigenvalue weighted by atomic mass is 16.5. The maximum absolute atomic E-state index is 9.35. The largest absolute Gasteiger partial charge is 0.381 e. The average Bonchev–Trinajstić information content (AvgIpc) is 2.50. The van der Waals surface area contributed by atoms with Crippen LogP contribution in [0.5, 0.6) is 0 Å². The molecule has 0 aromatic rings. The van der Waals surface area contributed by atoms with Crippen LogP contribution in [0.4, 0.5) is 0 Å². The van der Waals surface area contributed by atoms with Crippen LogP contribution in [0, 0.1) is 11.3 Å². The lowest BCUT2D eigenvalue weighted by Crippen LogP contribution is -2.43. The lowest BCUT2D eigenvalue weighted by molar-refractivity contribution is -0.0310. The van der Waals surface area contributed by atoms with Gasteiger partial charge in [0.1, 0.15) is 5.54 Å². The summed E-state index contributed by atoms with van der Waals surface area (Å²) >= 11 is 0. The van der Waals surface area contributed by atoms with E-state index in [0.29, 0.717) is 12.2 Å². The number of ether oxygens (including phenoxy) is 2. The van der Waals surface area contributed by atoms with Crippen molar-refractivity contribution in [3.8, 4) is 6.07 Å². The Morgan fingerprint density at radius 1 is 1.30 bits per heavy atom. The fourth-order valence-corrected chi connectivity index (χ4v) is 2.99. The van der Waals surface area contributed by atoms with Crippen molar-refractivity contribution in [2.45, 2.75) is 76.5 Å². The summed E-state index contributed by atoms with van der Waals surface area (Å²) < 4.78 is 11.4. The summed E-state index contributed by atoms with van der Waals surface area (Å²) in [6.07, 6.45) is 7.84. The van der Waals surface area contributed by atoms with Gasteiger partial charge in [-0.1, -0.05) is 13.8 Å². The van der Waals surface area contributed by atoms with Crippen LogP contribution in [0.15, 0.2) is 0 Å². The summed E-state index contributed by atoms with van der Waals surface area (Å²) in [7, 11) is 1.78. The molecule has 20 heavy (non-hydrogen) atoms. The van der Waals surface area contributed by atoms with Gasteiger partial charge in [-0.2, -0.15) is 5.26 Å². The molecule has 0 spiro atoms. The lowest BCUT2D eigenvalue weighted by atomic mass is 9.92. The molecule has 3 atom stereocenters. The van der Waals surface area contributed by atoms with E-state index < -0.39 is 0 Å². The van der Waals surface area contributed by atoms with Crippen molar-refractivity contribution >= 4 is 0 Å². The predicted octanol–water partition coefficient (Wildman–Crippen LogP) is 3.02. The van der Waals surface area contributed by atoms with Crippen LogP contribution in [0.1, 0.15) is 58.8 Å². The third kappa shape index (κ3) is 5.40. The van der Waals surface area contributed by atoms with Crippen LogP contribution in [0.25, 0.3) is 0 Å². The van der Waals surface area contributed by atoms with Crippen molar-refractivity contribution in [3.05, 3.63) is 0 Å². The molecule has 0 saturated heterocycles. The Labute approximate surface area is 123 Å². The van der Waals surface area contributed by atoms with Crippen molar-refractivity contribution < 1.29 is 9.47 Å². The molecular weight excluding hydrogens is 252 g/mol. The second-order valence-electron chi connectivity index (χ2n) is 5.70. The van der Waals surface area contributed by atoms with E-state index in [2.05, 4.69) is 18.3 Å². The monoisotopic (exact) mass is 282 g/mol. The minimum Gasteiger partial charge on any atom is -0.381 e. The molecule has 1 aliphatic carbocycles. The zero-order valence-electron chi connectivity index (χ0n) is 13.3. The molecule has 0 radical (unpaired) electrons. The van der Waals surface area contributed by atoms with Crippen LogP contribution in [0.2, 0.25) is 0 Å². The van der Waals surface area contributed by atoms with Crippen LogP contribution in [-0.2, 0) is 9.47 Å². The first-order valence-electron chi connectivity index (χ1n) is 8.00. The number of hydrogen-bond acceptors (Lipinski definition) is 4. The molecule has 116 valence electrons. The van der Waals surface area contributed by atoms with Crippen LogP contribution in [0.3, 0.4) is 0 Å². The maximum atomic E-state index is 9.35. The Bertz CT molecular complexity index is 303. The quantitative estimate of drug-likeness (QED) is 0.660. The second kappa shape index (κ2) is 9.33. The van der Waals surface area contributed by atoms with Gasteiger partial charge in [-0.25, -0.2) is 0 Å². The van der Waals surface area contributed by atoms with Gasteiger partial charge in [0.05, 0.1) is 18.3 Å². The van der Waals surface area contributed by atoms with Crippen molar-refractivity contribution in [3.63, 3.8) is 0 Å². The van der Waals surface area contributed by atoms with Gasteiger partial charge in [-0.05, 0) is 51.5 Å². The number of rotatable bonds is 9. The highest BCUT2D eigenvalue weighted by Gasteiger charge is 2.26. The van der Waals surface area contributed by atoms with Gasteiger partial charge in [0.25, 0.3) is 0 Å². The highest BCUT2D eigenvalue weighted by molar-refractivity contribution is 5.05. The minimum absolute atomic E-state index is 0.339. The fourth-order valence-electron chi connectivity index (χ4n) is 2.99. The summed E-state index contributed by atoms with van der Waals surface area (Å²) in [4.78, 5) is 0. The SMILES string of the molecule is CCNC(C#N)(CC)CCCOC1CCCC(OC)C1. The Morgan fingerprint density at radius 2 is 2.05 bits per heavy atom. The third-order valence-corrected chi connectivity index (χ3v) is 4.35. The van der Waals surface area contributed by atoms with Crippen molar-refractivity contribution in [2.75, 3.05) is 20.3 Å². The van der Waals surface area contributed by atoms with E-state index in [1.165, 1.54) is 6.42 Å². The van der Waals surface area contributed by atoms with E-state index in [-0.39, 0.29) is 5.54 Å². The predicted molar refractivity (Wildman–Crippen MR) is 80.6 cm³/mol. The zero-order chi connectivity index (χ0) is 14.8. The standard InChI is InChI=1S/C16H30N2O2/c1-4-16(13-17,18-5-2)10-7-11-20-15-9-6-8-14(12-15)19-3/h14-15,18H,4-12H2,1-3H3. The van der Waals surface area contributed by atoms with Crippen molar-refractivity contribution in [1.82, 2.24) is 5.32 Å². The molecule has 0 aromatic heterocycles. The molecule has 4 nitrogen and oxygen atoms in total. The minimum atomic E-state index is -0.375. The third-order valence-electron chi connectivity index (χ3n) is 4.35. The molecule has 1 aliphatic rings. The number of nitrogens with one attached hydrogen (secondary N) is 1. The number of nitrogens with zero attached hydrogens (tertiary/aromatic N) is 1. The highest BCUT2D eigenvalue weighted by Crippen LogP contribution is 2.24. The normalized spacial score (nSPS) is 25.9. The average molecular weight is 282 g/mol. The molecule has 1 N–H and O–H groups in total. The van der Waals surface area contributed by atoms with Crippen molar-refractivity contribution in [2.24, 2.45) is 0 Å². The first-order valence-corrected chi connectivity index (χ1v) is 8.00. The molecule has 0 amide bonds. The molecule has 1 rings (SSSR count). The molecule has 1 saturated carbocycles. The molecule has 0 bridgehead atoms. The Morgan fingerprint density at radius 3 is 2.65 bits per heavy atom. The summed E-state index contributed by atoms with van der Waals surface area (Å²) in [5.74, 6) is 0. The van der Waals surface area contributed by atoms with Gasteiger partial charge in [0.2, 0.25) is 0 Å². The number of methoxy groups -OCH3 is 1. The first-order chi connectivity index (χ1) is 9.69. The second-order valence-corrected chi connectivity index (χ2v) is 5.70. The van der Waals surface area contributed by atoms with Gasteiger partial charge in [-0.15, -0.1) is 0 Å². The smallest absolute Gasteiger partial charge is 0.106 e. The first kappa shape index (κ1) is 17.4. The molecule has 3 unspecified atom stereocenters. The lowest BCUT2D eigenvalue weighted by Gasteiger charge is -2.29. The molecule has 0 heterocycles. The Kier molecular flexibility index (Phi) is 8.13. The topological polar surface area (TPSA) is 54.3 Å². The van der Waals surface area contributed by atoms with E-state index in [1.54, 1.807) is 7.11 Å². The fraction of sp³-hybridized carbons (Fsp3) is 0.938. The van der Waals surface area contributed by atoms with Crippen LogP contribution in [-0.4, -0.2) is 38.0 Å². The van der Waals surface area contributed by atoms with Gasteiger partial charge >= 0.3 is 0 Å².